The first kappa shape index (κ1) is 18.0. The Labute approximate surface area is 130 Å². The monoisotopic (exact) mass is 336 g/mol. The molecule has 0 radical (unpaired) electrons. The third-order valence-electron chi connectivity index (χ3n) is 3.80. The van der Waals surface area contributed by atoms with Gasteiger partial charge in [-0.05, 0) is 18.4 Å². The Morgan fingerprint density at radius 2 is 2.05 bits per heavy atom. The molecule has 2 rings (SSSR count). The van der Waals surface area contributed by atoms with Crippen molar-refractivity contribution in [3.63, 3.8) is 0 Å². The number of piperidine rings is 1. The number of rotatable bonds is 3. The van der Waals surface area contributed by atoms with Gasteiger partial charge in [0.15, 0.2) is 0 Å². The van der Waals surface area contributed by atoms with Crippen LogP contribution in [0.15, 0.2) is 17.2 Å². The van der Waals surface area contributed by atoms with Crippen molar-refractivity contribution in [1.29, 1.82) is 0 Å². The minimum absolute atomic E-state index is 0. The molecule has 0 saturated carbocycles. The van der Waals surface area contributed by atoms with Gasteiger partial charge in [0.05, 0.1) is 0 Å². The Kier molecular flexibility index (Phi) is 5.43. The second-order valence-electron chi connectivity index (χ2n) is 5.33. The van der Waals surface area contributed by atoms with E-state index in [1.54, 1.807) is 7.05 Å². The second kappa shape index (κ2) is 6.35. The first-order valence-corrected chi connectivity index (χ1v) is 7.89. The summed E-state index contributed by atoms with van der Waals surface area (Å²) in [5, 5.41) is 0. The topological polar surface area (TPSA) is 111 Å². The van der Waals surface area contributed by atoms with Crippen LogP contribution in [0.3, 0.4) is 0 Å². The second-order valence-corrected chi connectivity index (χ2v) is 7.27. The number of halogens is 1. The lowest BCUT2D eigenvalue weighted by Crippen LogP contribution is -2.47. The summed E-state index contributed by atoms with van der Waals surface area (Å²) in [6, 6.07) is 1.34. The lowest BCUT2D eigenvalue weighted by Gasteiger charge is -2.33. The Morgan fingerprint density at radius 3 is 2.52 bits per heavy atom. The number of hydrogen-bond acceptors (Lipinski definition) is 4. The van der Waals surface area contributed by atoms with E-state index in [1.165, 1.54) is 21.1 Å². The molecule has 1 aromatic heterocycles. The van der Waals surface area contributed by atoms with Crippen molar-refractivity contribution in [2.45, 2.75) is 24.3 Å². The smallest absolute Gasteiger partial charge is 0.265 e. The highest BCUT2D eigenvalue weighted by Crippen LogP contribution is 2.24. The summed E-state index contributed by atoms with van der Waals surface area (Å²) in [5.74, 6) is -0.541. The molecule has 1 fully saturated rings. The van der Waals surface area contributed by atoms with E-state index in [0.29, 0.717) is 19.5 Å². The maximum absolute atomic E-state index is 12.5. The fourth-order valence-electron chi connectivity index (χ4n) is 2.41. The van der Waals surface area contributed by atoms with Crippen LogP contribution in [-0.2, 0) is 17.1 Å². The summed E-state index contributed by atoms with van der Waals surface area (Å²) in [6.45, 7) is 2.73. The molecule has 0 bridgehead atoms. The number of sulfonamides is 1. The van der Waals surface area contributed by atoms with Crippen molar-refractivity contribution < 1.29 is 13.2 Å². The molecule has 1 aliphatic rings. The standard InChI is InChI=1S/C12H20N4O3S.ClH/c1-8-6-16(4-3-10(8)13)20(18,19)9-5-11(12(14)17)15(2)7-9;/h5,7-8,10H,3-4,6,13H2,1-2H3,(H2,14,17);1H. The third-order valence-corrected chi connectivity index (χ3v) is 5.63. The van der Waals surface area contributed by atoms with E-state index in [9.17, 15) is 13.2 Å². The number of hydrogen-bond donors (Lipinski definition) is 2. The fourth-order valence-corrected chi connectivity index (χ4v) is 4.04. The van der Waals surface area contributed by atoms with Crippen molar-refractivity contribution in [2.24, 2.45) is 24.4 Å². The Hall–Kier alpha value is -1.09. The van der Waals surface area contributed by atoms with E-state index in [2.05, 4.69) is 0 Å². The molecule has 0 spiro atoms. The van der Waals surface area contributed by atoms with Gasteiger partial charge in [0, 0.05) is 32.4 Å². The Morgan fingerprint density at radius 1 is 1.43 bits per heavy atom. The van der Waals surface area contributed by atoms with Gasteiger partial charge in [0.25, 0.3) is 5.91 Å². The van der Waals surface area contributed by atoms with E-state index >= 15 is 0 Å². The maximum Gasteiger partial charge on any atom is 0.265 e. The average Bonchev–Trinajstić information content (AvgIpc) is 2.75. The van der Waals surface area contributed by atoms with Gasteiger partial charge in [0.1, 0.15) is 10.6 Å². The van der Waals surface area contributed by atoms with Crippen LogP contribution in [0.25, 0.3) is 0 Å². The molecule has 0 aromatic carbocycles. The first-order chi connectivity index (χ1) is 9.23. The van der Waals surface area contributed by atoms with Crippen molar-refractivity contribution >= 4 is 28.3 Å². The number of primary amides is 1. The van der Waals surface area contributed by atoms with Gasteiger partial charge < -0.3 is 16.0 Å². The highest BCUT2D eigenvalue weighted by Gasteiger charge is 2.33. The molecular weight excluding hydrogens is 316 g/mol. The molecule has 120 valence electrons. The van der Waals surface area contributed by atoms with E-state index < -0.39 is 15.9 Å². The van der Waals surface area contributed by atoms with Crippen molar-refractivity contribution in [3.05, 3.63) is 18.0 Å². The van der Waals surface area contributed by atoms with Crippen LogP contribution >= 0.6 is 12.4 Å². The molecule has 4 N–H and O–H groups in total. The number of carbonyl (C=O) groups is 1. The van der Waals surface area contributed by atoms with Gasteiger partial charge in [-0.3, -0.25) is 4.79 Å². The van der Waals surface area contributed by atoms with E-state index in [4.69, 9.17) is 11.5 Å². The van der Waals surface area contributed by atoms with E-state index in [1.807, 2.05) is 6.92 Å². The molecule has 1 aromatic rings. The minimum Gasteiger partial charge on any atom is -0.364 e. The van der Waals surface area contributed by atoms with Crippen LogP contribution in [0.1, 0.15) is 23.8 Å². The molecule has 2 unspecified atom stereocenters. The zero-order valence-corrected chi connectivity index (χ0v) is 13.7. The van der Waals surface area contributed by atoms with Crippen LogP contribution in [0.2, 0.25) is 0 Å². The largest absolute Gasteiger partial charge is 0.364 e. The van der Waals surface area contributed by atoms with Crippen LogP contribution in [0.5, 0.6) is 0 Å². The fraction of sp³-hybridized carbons (Fsp3) is 0.583. The molecule has 21 heavy (non-hydrogen) atoms. The van der Waals surface area contributed by atoms with Crippen LogP contribution in [0, 0.1) is 5.92 Å². The van der Waals surface area contributed by atoms with Gasteiger partial charge in [-0.15, -0.1) is 12.4 Å². The number of amides is 1. The van der Waals surface area contributed by atoms with E-state index in [-0.39, 0.29) is 35.0 Å². The normalized spacial score (nSPS) is 23.6. The Bertz CT molecular complexity index is 628. The Balaban J connectivity index is 0.00000220. The zero-order chi connectivity index (χ0) is 15.1. The van der Waals surface area contributed by atoms with Crippen molar-refractivity contribution in [2.75, 3.05) is 13.1 Å². The maximum atomic E-state index is 12.5. The summed E-state index contributed by atoms with van der Waals surface area (Å²) in [4.78, 5) is 11.3. The summed E-state index contributed by atoms with van der Waals surface area (Å²) in [6.07, 6.45) is 2.05. The van der Waals surface area contributed by atoms with Gasteiger partial charge in [-0.2, -0.15) is 4.31 Å². The number of nitrogens with zero attached hydrogens (tertiary/aromatic N) is 2. The van der Waals surface area contributed by atoms with Gasteiger partial charge in [-0.1, -0.05) is 6.92 Å². The quantitative estimate of drug-likeness (QED) is 0.802. The summed E-state index contributed by atoms with van der Waals surface area (Å²) in [5.41, 5.74) is 11.3. The number of carbonyl (C=O) groups excluding carboxylic acids is 1. The van der Waals surface area contributed by atoms with E-state index in [0.717, 1.165) is 0 Å². The highest BCUT2D eigenvalue weighted by molar-refractivity contribution is 7.89. The molecule has 0 aliphatic carbocycles. The molecule has 2 atom stereocenters. The number of aromatic nitrogens is 1. The number of nitrogens with two attached hydrogens (primary N) is 2. The minimum atomic E-state index is -3.60. The van der Waals surface area contributed by atoms with Crippen molar-refractivity contribution in [3.8, 4) is 0 Å². The van der Waals surface area contributed by atoms with Gasteiger partial charge in [0.2, 0.25) is 10.0 Å². The molecule has 9 heteroatoms. The summed E-state index contributed by atoms with van der Waals surface area (Å²) >= 11 is 0. The molecule has 2 heterocycles. The zero-order valence-electron chi connectivity index (χ0n) is 12.0. The molecule has 1 amide bonds. The summed E-state index contributed by atoms with van der Waals surface area (Å²) < 4.78 is 27.9. The molecule has 1 aliphatic heterocycles. The molecule has 7 nitrogen and oxygen atoms in total. The van der Waals surface area contributed by atoms with Crippen LogP contribution in [0.4, 0.5) is 0 Å². The predicted molar refractivity (Wildman–Crippen MR) is 81.7 cm³/mol. The molecular formula is C12H21ClN4O3S. The first-order valence-electron chi connectivity index (χ1n) is 6.45. The molecule has 1 saturated heterocycles. The predicted octanol–water partition coefficient (Wildman–Crippen LogP) is -0.0964. The lowest BCUT2D eigenvalue weighted by atomic mass is 9.96. The summed E-state index contributed by atoms with van der Waals surface area (Å²) in [7, 11) is -2.01. The number of aryl methyl sites for hydroxylation is 1. The van der Waals surface area contributed by atoms with Crippen LogP contribution in [-0.4, -0.2) is 42.3 Å². The third kappa shape index (κ3) is 3.39. The average molecular weight is 337 g/mol. The SMILES string of the molecule is CC1CN(S(=O)(=O)c2cc(C(N)=O)n(C)c2)CCC1N.Cl. The highest BCUT2D eigenvalue weighted by atomic mass is 35.5. The lowest BCUT2D eigenvalue weighted by molar-refractivity contribution is 0.0992. The van der Waals surface area contributed by atoms with Gasteiger partial charge >= 0.3 is 0 Å². The van der Waals surface area contributed by atoms with Gasteiger partial charge in [-0.25, -0.2) is 8.42 Å². The van der Waals surface area contributed by atoms with Crippen LogP contribution < -0.4 is 11.5 Å². The van der Waals surface area contributed by atoms with Crippen molar-refractivity contribution in [1.82, 2.24) is 8.87 Å².